The molecule has 3 aromatic carbocycles. The van der Waals surface area contributed by atoms with Crippen molar-refractivity contribution >= 4 is 6.08 Å². The van der Waals surface area contributed by atoms with E-state index in [1.54, 1.807) is 32.4 Å². The Labute approximate surface area is 191 Å². The van der Waals surface area contributed by atoms with Crippen molar-refractivity contribution in [3.05, 3.63) is 107 Å². The summed E-state index contributed by atoms with van der Waals surface area (Å²) in [6.45, 7) is 0.280. The van der Waals surface area contributed by atoms with Gasteiger partial charge in [-0.05, 0) is 59.7 Å². The van der Waals surface area contributed by atoms with E-state index in [0.29, 0.717) is 5.69 Å². The van der Waals surface area contributed by atoms with Gasteiger partial charge in [0.25, 0.3) is 5.56 Å². The average molecular weight is 442 g/mol. The molecule has 0 unspecified atom stereocenters. The van der Waals surface area contributed by atoms with E-state index in [2.05, 4.69) is 5.10 Å². The van der Waals surface area contributed by atoms with Crippen molar-refractivity contribution in [2.75, 3.05) is 14.2 Å². The highest BCUT2D eigenvalue weighted by atomic mass is 19.1. The summed E-state index contributed by atoms with van der Waals surface area (Å²) in [4.78, 5) is 12.9. The molecule has 166 valence electrons. The van der Waals surface area contributed by atoms with Crippen molar-refractivity contribution < 1.29 is 13.9 Å². The molecule has 0 aliphatic heterocycles. The Morgan fingerprint density at radius 2 is 1.42 bits per heavy atom. The van der Waals surface area contributed by atoms with Crippen LogP contribution in [0.1, 0.15) is 5.56 Å². The lowest BCUT2D eigenvalue weighted by Gasteiger charge is -2.13. The molecule has 33 heavy (non-hydrogen) atoms. The van der Waals surface area contributed by atoms with Crippen LogP contribution in [-0.4, -0.2) is 24.0 Å². The number of hydrogen-bond donors (Lipinski definition) is 0. The van der Waals surface area contributed by atoms with Crippen LogP contribution in [-0.2, 0) is 6.54 Å². The standard InChI is InChI=1S/C27H23FN2O3/c1-32-23-13-7-20(8-14-23)25-18-26(31)30(17-3-4-19-5-11-22(28)12-6-19)29-27(25)21-9-15-24(33-2)16-10-21/h3-16,18H,17H2,1-2H3/b4-3+. The predicted octanol–water partition coefficient (Wildman–Crippen LogP) is 5.45. The van der Waals surface area contributed by atoms with E-state index in [1.807, 2.05) is 60.7 Å². The van der Waals surface area contributed by atoms with Crippen LogP contribution in [0.15, 0.2) is 89.7 Å². The molecule has 4 aromatic rings. The van der Waals surface area contributed by atoms with Gasteiger partial charge in [-0.15, -0.1) is 0 Å². The van der Waals surface area contributed by atoms with E-state index in [9.17, 15) is 9.18 Å². The molecule has 0 aliphatic rings. The number of aromatic nitrogens is 2. The molecule has 0 N–H and O–H groups in total. The van der Waals surface area contributed by atoms with Crippen LogP contribution >= 0.6 is 0 Å². The summed E-state index contributed by atoms with van der Waals surface area (Å²) in [6.07, 6.45) is 3.66. The van der Waals surface area contributed by atoms with Crippen molar-refractivity contribution in [1.82, 2.24) is 9.78 Å². The van der Waals surface area contributed by atoms with E-state index < -0.39 is 0 Å². The average Bonchev–Trinajstić information content (AvgIpc) is 2.86. The molecule has 0 atom stereocenters. The first kappa shape index (κ1) is 22.0. The smallest absolute Gasteiger partial charge is 0.267 e. The van der Waals surface area contributed by atoms with Crippen molar-refractivity contribution in [2.24, 2.45) is 0 Å². The molecule has 6 heteroatoms. The third-order valence-electron chi connectivity index (χ3n) is 5.22. The van der Waals surface area contributed by atoms with E-state index in [4.69, 9.17) is 9.47 Å². The van der Waals surface area contributed by atoms with Gasteiger partial charge in [0.05, 0.1) is 26.5 Å². The predicted molar refractivity (Wildman–Crippen MR) is 128 cm³/mol. The first-order valence-electron chi connectivity index (χ1n) is 10.4. The first-order valence-corrected chi connectivity index (χ1v) is 10.4. The minimum absolute atomic E-state index is 0.221. The van der Waals surface area contributed by atoms with Crippen LogP contribution in [0.25, 0.3) is 28.5 Å². The Morgan fingerprint density at radius 3 is 2.00 bits per heavy atom. The fraction of sp³-hybridized carbons (Fsp3) is 0.111. The summed E-state index contributed by atoms with van der Waals surface area (Å²) < 4.78 is 25.0. The fourth-order valence-electron chi connectivity index (χ4n) is 3.44. The molecule has 0 spiro atoms. The number of allylic oxidation sites excluding steroid dienone is 1. The van der Waals surface area contributed by atoms with Crippen LogP contribution in [0.4, 0.5) is 4.39 Å². The molecule has 0 saturated carbocycles. The van der Waals surface area contributed by atoms with Gasteiger partial charge in [-0.1, -0.05) is 36.4 Å². The van der Waals surface area contributed by atoms with Gasteiger partial charge in [-0.25, -0.2) is 9.07 Å². The topological polar surface area (TPSA) is 53.4 Å². The molecule has 1 aromatic heterocycles. The number of ether oxygens (including phenoxy) is 2. The summed E-state index contributed by atoms with van der Waals surface area (Å²) in [5, 5.41) is 4.68. The second-order valence-electron chi connectivity index (χ2n) is 7.34. The van der Waals surface area contributed by atoms with E-state index in [0.717, 1.165) is 33.8 Å². The number of benzene rings is 3. The highest BCUT2D eigenvalue weighted by Gasteiger charge is 2.13. The first-order chi connectivity index (χ1) is 16.1. The Hall–Kier alpha value is -4.19. The fourth-order valence-corrected chi connectivity index (χ4v) is 3.44. The molecule has 0 fully saturated rings. The Bertz CT molecular complexity index is 1310. The van der Waals surface area contributed by atoms with Gasteiger partial charge in [0.2, 0.25) is 0 Å². The summed E-state index contributed by atoms with van der Waals surface area (Å²) in [5.41, 5.74) is 3.75. The van der Waals surface area contributed by atoms with Gasteiger partial charge in [-0.2, -0.15) is 5.10 Å². The van der Waals surface area contributed by atoms with Crippen LogP contribution in [0, 0.1) is 5.82 Å². The molecule has 0 aliphatic carbocycles. The normalized spacial score (nSPS) is 11.0. The summed E-state index contributed by atoms with van der Waals surface area (Å²) in [5.74, 6) is 1.18. The molecular formula is C27H23FN2O3. The second-order valence-corrected chi connectivity index (χ2v) is 7.34. The SMILES string of the molecule is COc1ccc(-c2cc(=O)n(C/C=C/c3ccc(F)cc3)nc2-c2ccc(OC)cc2)cc1. The highest BCUT2D eigenvalue weighted by molar-refractivity contribution is 5.80. The van der Waals surface area contributed by atoms with Crippen molar-refractivity contribution in [1.29, 1.82) is 0 Å². The van der Waals surface area contributed by atoms with Gasteiger partial charge in [0.1, 0.15) is 17.3 Å². The maximum absolute atomic E-state index is 13.1. The quantitative estimate of drug-likeness (QED) is 0.382. The Kier molecular flexibility index (Phi) is 6.64. The zero-order valence-corrected chi connectivity index (χ0v) is 18.4. The minimum atomic E-state index is -0.289. The zero-order valence-electron chi connectivity index (χ0n) is 18.4. The van der Waals surface area contributed by atoms with Crippen molar-refractivity contribution in [2.45, 2.75) is 6.54 Å². The largest absolute Gasteiger partial charge is 0.497 e. The van der Waals surface area contributed by atoms with Crippen molar-refractivity contribution in [3.8, 4) is 33.9 Å². The van der Waals surface area contributed by atoms with Crippen molar-refractivity contribution in [3.63, 3.8) is 0 Å². The van der Waals surface area contributed by atoms with Gasteiger partial charge in [0.15, 0.2) is 0 Å². The molecule has 5 nitrogen and oxygen atoms in total. The molecular weight excluding hydrogens is 419 g/mol. The lowest BCUT2D eigenvalue weighted by molar-refractivity contribution is 0.414. The number of methoxy groups -OCH3 is 2. The number of rotatable bonds is 7. The lowest BCUT2D eigenvalue weighted by Crippen LogP contribution is -2.22. The van der Waals surface area contributed by atoms with Gasteiger partial charge < -0.3 is 9.47 Å². The van der Waals surface area contributed by atoms with Gasteiger partial charge in [0, 0.05) is 17.2 Å². The highest BCUT2D eigenvalue weighted by Crippen LogP contribution is 2.31. The minimum Gasteiger partial charge on any atom is -0.497 e. The van der Waals surface area contributed by atoms with E-state index in [1.165, 1.54) is 16.8 Å². The van der Waals surface area contributed by atoms with Gasteiger partial charge in [-0.3, -0.25) is 4.79 Å². The lowest BCUT2D eigenvalue weighted by atomic mass is 10.00. The third-order valence-corrected chi connectivity index (χ3v) is 5.22. The molecule has 0 amide bonds. The van der Waals surface area contributed by atoms with Crippen LogP contribution < -0.4 is 15.0 Å². The molecule has 0 bridgehead atoms. The third kappa shape index (κ3) is 5.18. The number of nitrogens with zero attached hydrogens (tertiary/aromatic N) is 2. The molecule has 0 radical (unpaired) electrons. The number of hydrogen-bond acceptors (Lipinski definition) is 4. The van der Waals surface area contributed by atoms with Crippen LogP contribution in [0.3, 0.4) is 0 Å². The molecule has 0 saturated heterocycles. The second kappa shape index (κ2) is 9.96. The van der Waals surface area contributed by atoms with E-state index in [-0.39, 0.29) is 17.9 Å². The maximum Gasteiger partial charge on any atom is 0.267 e. The number of halogens is 1. The Balaban J connectivity index is 1.73. The molecule has 4 rings (SSSR count). The van der Waals surface area contributed by atoms with Crippen LogP contribution in [0.5, 0.6) is 11.5 Å². The Morgan fingerprint density at radius 1 is 0.848 bits per heavy atom. The summed E-state index contributed by atoms with van der Waals surface area (Å²) in [6, 6.07) is 22.8. The monoisotopic (exact) mass is 442 g/mol. The van der Waals surface area contributed by atoms with Gasteiger partial charge >= 0.3 is 0 Å². The summed E-state index contributed by atoms with van der Waals surface area (Å²) >= 11 is 0. The molecule has 1 heterocycles. The maximum atomic E-state index is 13.1. The summed E-state index contributed by atoms with van der Waals surface area (Å²) in [7, 11) is 3.23. The zero-order chi connectivity index (χ0) is 23.2. The van der Waals surface area contributed by atoms with E-state index >= 15 is 0 Å². The van der Waals surface area contributed by atoms with Crippen LogP contribution in [0.2, 0.25) is 0 Å².